The SMILES string of the molecule is CN(CC1(O)CCOCC1)C(=O)/C=C/c1cccc(N)c1. The third-order valence-electron chi connectivity index (χ3n) is 3.66. The number of anilines is 1. The second-order valence-electron chi connectivity index (χ2n) is 5.53. The zero-order valence-corrected chi connectivity index (χ0v) is 12.3. The molecule has 0 saturated carbocycles. The average molecular weight is 290 g/mol. The molecule has 1 heterocycles. The number of amides is 1. The summed E-state index contributed by atoms with van der Waals surface area (Å²) in [6, 6.07) is 7.32. The summed E-state index contributed by atoms with van der Waals surface area (Å²) in [6.45, 7) is 1.39. The first-order valence-electron chi connectivity index (χ1n) is 7.07. The number of nitrogens with zero attached hydrogens (tertiary/aromatic N) is 1. The van der Waals surface area contributed by atoms with Gasteiger partial charge in [-0.15, -0.1) is 0 Å². The predicted octanol–water partition coefficient (Wildman–Crippen LogP) is 1.28. The monoisotopic (exact) mass is 290 g/mol. The van der Waals surface area contributed by atoms with Crippen molar-refractivity contribution in [1.82, 2.24) is 4.90 Å². The Hall–Kier alpha value is -1.85. The average Bonchev–Trinajstić information content (AvgIpc) is 2.45. The standard InChI is InChI=1S/C16H22N2O3/c1-18(12-16(20)7-9-21-10-8-16)15(19)6-5-13-3-2-4-14(17)11-13/h2-6,11,20H,7-10,12,17H2,1H3/b6-5+. The van der Waals surface area contributed by atoms with Gasteiger partial charge in [0.05, 0.1) is 5.60 Å². The topological polar surface area (TPSA) is 75.8 Å². The summed E-state index contributed by atoms with van der Waals surface area (Å²) < 4.78 is 5.23. The molecule has 1 aromatic carbocycles. The van der Waals surface area contributed by atoms with Crippen LogP contribution < -0.4 is 5.73 Å². The maximum atomic E-state index is 12.1. The van der Waals surface area contributed by atoms with Crippen LogP contribution in [0.3, 0.4) is 0 Å². The molecular weight excluding hydrogens is 268 g/mol. The first-order chi connectivity index (χ1) is 9.98. The Morgan fingerprint density at radius 3 is 2.86 bits per heavy atom. The number of likely N-dealkylation sites (N-methyl/N-ethyl adjacent to an activating group) is 1. The summed E-state index contributed by atoms with van der Waals surface area (Å²) in [4.78, 5) is 13.6. The van der Waals surface area contributed by atoms with E-state index in [9.17, 15) is 9.90 Å². The van der Waals surface area contributed by atoms with E-state index in [0.717, 1.165) is 5.56 Å². The van der Waals surface area contributed by atoms with Crippen LogP contribution in [0.1, 0.15) is 18.4 Å². The van der Waals surface area contributed by atoms with Crippen LogP contribution in [0.5, 0.6) is 0 Å². The third-order valence-corrected chi connectivity index (χ3v) is 3.66. The van der Waals surface area contributed by atoms with Gasteiger partial charge in [-0.1, -0.05) is 12.1 Å². The minimum atomic E-state index is -0.840. The van der Waals surface area contributed by atoms with Gasteiger partial charge >= 0.3 is 0 Å². The second kappa shape index (κ2) is 6.74. The molecule has 1 fully saturated rings. The molecule has 1 saturated heterocycles. The molecule has 1 aliphatic heterocycles. The van der Waals surface area contributed by atoms with Crippen molar-refractivity contribution in [3.05, 3.63) is 35.9 Å². The van der Waals surface area contributed by atoms with E-state index < -0.39 is 5.60 Å². The quantitative estimate of drug-likeness (QED) is 0.647. The molecule has 0 atom stereocenters. The number of carbonyl (C=O) groups is 1. The highest BCUT2D eigenvalue weighted by atomic mass is 16.5. The molecule has 5 nitrogen and oxygen atoms in total. The summed E-state index contributed by atoms with van der Waals surface area (Å²) >= 11 is 0. The minimum absolute atomic E-state index is 0.141. The van der Waals surface area contributed by atoms with Gasteiger partial charge in [0.15, 0.2) is 0 Å². The molecule has 3 N–H and O–H groups in total. The molecule has 5 heteroatoms. The zero-order chi connectivity index (χ0) is 15.3. The number of benzene rings is 1. The van der Waals surface area contributed by atoms with E-state index in [-0.39, 0.29) is 5.91 Å². The molecule has 0 unspecified atom stereocenters. The Labute approximate surface area is 125 Å². The molecule has 0 spiro atoms. The number of nitrogens with two attached hydrogens (primary N) is 1. The van der Waals surface area contributed by atoms with Gasteiger partial charge in [-0.05, 0) is 23.8 Å². The molecule has 0 aromatic heterocycles. The van der Waals surface area contributed by atoms with E-state index in [2.05, 4.69) is 0 Å². The lowest BCUT2D eigenvalue weighted by atomic mass is 9.94. The van der Waals surface area contributed by atoms with Crippen molar-refractivity contribution in [1.29, 1.82) is 0 Å². The summed E-state index contributed by atoms with van der Waals surface area (Å²) in [6.07, 6.45) is 4.34. The van der Waals surface area contributed by atoms with Crippen molar-refractivity contribution < 1.29 is 14.6 Å². The summed E-state index contributed by atoms with van der Waals surface area (Å²) in [5.41, 5.74) is 6.39. The van der Waals surface area contributed by atoms with E-state index >= 15 is 0 Å². The Morgan fingerprint density at radius 1 is 1.48 bits per heavy atom. The third kappa shape index (κ3) is 4.58. The minimum Gasteiger partial charge on any atom is -0.399 e. The van der Waals surface area contributed by atoms with E-state index in [4.69, 9.17) is 10.5 Å². The number of nitrogen functional groups attached to an aromatic ring is 1. The second-order valence-corrected chi connectivity index (χ2v) is 5.53. The van der Waals surface area contributed by atoms with Crippen LogP contribution in [0, 0.1) is 0 Å². The number of hydrogen-bond donors (Lipinski definition) is 2. The fourth-order valence-corrected chi connectivity index (χ4v) is 2.39. The maximum absolute atomic E-state index is 12.1. The van der Waals surface area contributed by atoms with E-state index in [0.29, 0.717) is 38.3 Å². The lowest BCUT2D eigenvalue weighted by molar-refractivity contribution is -0.131. The Kier molecular flexibility index (Phi) is 4.98. The molecule has 0 radical (unpaired) electrons. The van der Waals surface area contributed by atoms with E-state index in [1.165, 1.54) is 11.0 Å². The predicted molar refractivity (Wildman–Crippen MR) is 82.5 cm³/mol. The van der Waals surface area contributed by atoms with Crippen molar-refractivity contribution in [3.8, 4) is 0 Å². The van der Waals surface area contributed by atoms with Crippen molar-refractivity contribution in [2.75, 3.05) is 32.5 Å². The lowest BCUT2D eigenvalue weighted by Gasteiger charge is -2.35. The fourth-order valence-electron chi connectivity index (χ4n) is 2.39. The zero-order valence-electron chi connectivity index (χ0n) is 12.3. The first kappa shape index (κ1) is 15.5. The van der Waals surface area contributed by atoms with Crippen molar-refractivity contribution in [2.24, 2.45) is 0 Å². The van der Waals surface area contributed by atoms with Gasteiger partial charge in [-0.2, -0.15) is 0 Å². The van der Waals surface area contributed by atoms with Gasteiger partial charge in [0.2, 0.25) is 5.91 Å². The van der Waals surface area contributed by atoms with Gasteiger partial charge in [-0.25, -0.2) is 0 Å². The van der Waals surface area contributed by atoms with Gasteiger partial charge in [0, 0.05) is 51.4 Å². The van der Waals surface area contributed by atoms with Crippen molar-refractivity contribution in [2.45, 2.75) is 18.4 Å². The van der Waals surface area contributed by atoms with Crippen LogP contribution in [0.15, 0.2) is 30.3 Å². The summed E-state index contributed by atoms with van der Waals surface area (Å²) in [5, 5.41) is 10.4. The molecule has 0 aliphatic carbocycles. The van der Waals surface area contributed by atoms with Crippen LogP contribution in [0.2, 0.25) is 0 Å². The summed E-state index contributed by atoms with van der Waals surface area (Å²) in [7, 11) is 1.69. The molecule has 1 aliphatic rings. The fraction of sp³-hybridized carbons (Fsp3) is 0.438. The molecule has 2 rings (SSSR count). The Bertz CT molecular complexity index is 522. The number of aliphatic hydroxyl groups is 1. The number of ether oxygens (including phenoxy) is 1. The van der Waals surface area contributed by atoms with Crippen molar-refractivity contribution in [3.63, 3.8) is 0 Å². The summed E-state index contributed by atoms with van der Waals surface area (Å²) in [5.74, 6) is -0.141. The Morgan fingerprint density at radius 2 is 2.19 bits per heavy atom. The molecular formula is C16H22N2O3. The highest BCUT2D eigenvalue weighted by Crippen LogP contribution is 2.21. The first-order valence-corrected chi connectivity index (χ1v) is 7.07. The van der Waals surface area contributed by atoms with Crippen molar-refractivity contribution >= 4 is 17.7 Å². The molecule has 114 valence electrons. The highest BCUT2D eigenvalue weighted by Gasteiger charge is 2.31. The van der Waals surface area contributed by atoms with Crippen LogP contribution in [-0.4, -0.2) is 48.3 Å². The smallest absolute Gasteiger partial charge is 0.246 e. The Balaban J connectivity index is 1.93. The molecule has 21 heavy (non-hydrogen) atoms. The molecule has 1 amide bonds. The van der Waals surface area contributed by atoms with E-state index in [1.807, 2.05) is 12.1 Å². The maximum Gasteiger partial charge on any atom is 0.246 e. The molecule has 1 aromatic rings. The number of hydrogen-bond acceptors (Lipinski definition) is 4. The van der Waals surface area contributed by atoms with Gasteiger partial charge in [0.1, 0.15) is 0 Å². The van der Waals surface area contributed by atoms with Crippen LogP contribution in [0.25, 0.3) is 6.08 Å². The normalized spacial score (nSPS) is 17.8. The van der Waals surface area contributed by atoms with Crippen LogP contribution in [-0.2, 0) is 9.53 Å². The van der Waals surface area contributed by atoms with Gasteiger partial charge < -0.3 is 20.5 Å². The molecule has 0 bridgehead atoms. The highest BCUT2D eigenvalue weighted by molar-refractivity contribution is 5.91. The number of carbonyl (C=O) groups excluding carboxylic acids is 1. The van der Waals surface area contributed by atoms with Crippen LogP contribution >= 0.6 is 0 Å². The number of rotatable bonds is 4. The van der Waals surface area contributed by atoms with Gasteiger partial charge in [0.25, 0.3) is 0 Å². The van der Waals surface area contributed by atoms with Crippen LogP contribution in [0.4, 0.5) is 5.69 Å². The lowest BCUT2D eigenvalue weighted by Crippen LogP contribution is -2.47. The largest absolute Gasteiger partial charge is 0.399 e. The van der Waals surface area contributed by atoms with E-state index in [1.54, 1.807) is 25.3 Å². The van der Waals surface area contributed by atoms with Gasteiger partial charge in [-0.3, -0.25) is 4.79 Å².